The highest BCUT2D eigenvalue weighted by Crippen LogP contribution is 1.69. The third-order valence-electron chi connectivity index (χ3n) is 0.873. The summed E-state index contributed by atoms with van der Waals surface area (Å²) in [6.45, 7) is 3.23. The Kier molecular flexibility index (Phi) is 5.15. The first-order valence-corrected chi connectivity index (χ1v) is 2.87. The lowest BCUT2D eigenvalue weighted by atomic mass is 10.6. The van der Waals surface area contributed by atoms with Gasteiger partial charge >= 0.3 is 0 Å². The van der Waals surface area contributed by atoms with Gasteiger partial charge in [0.05, 0.1) is 6.54 Å². The van der Waals surface area contributed by atoms with Crippen LogP contribution in [0.2, 0.25) is 0 Å². The van der Waals surface area contributed by atoms with E-state index in [1.807, 2.05) is 12.5 Å². The van der Waals surface area contributed by atoms with Crippen LogP contribution < -0.4 is 10.8 Å². The van der Waals surface area contributed by atoms with Gasteiger partial charge in [-0.3, -0.25) is 15.7 Å². The first kappa shape index (κ1) is 8.39. The molecule has 54 valence electrons. The van der Waals surface area contributed by atoms with Crippen molar-refractivity contribution >= 4 is 5.84 Å². The van der Waals surface area contributed by atoms with Crippen molar-refractivity contribution in [1.29, 1.82) is 0 Å². The maximum absolute atomic E-state index is 8.23. The van der Waals surface area contributed by atoms with Crippen LogP contribution in [0.15, 0.2) is 4.99 Å². The molecule has 0 saturated carbocycles. The summed E-state index contributed by atoms with van der Waals surface area (Å²) in [6.07, 6.45) is 0. The zero-order valence-electron chi connectivity index (χ0n) is 5.81. The van der Waals surface area contributed by atoms with Crippen LogP contribution in [0.1, 0.15) is 6.92 Å². The van der Waals surface area contributed by atoms with Gasteiger partial charge in [-0.15, -0.1) is 0 Å². The summed E-state index contributed by atoms with van der Waals surface area (Å²) in [5.41, 5.74) is 1.95. The summed E-state index contributed by atoms with van der Waals surface area (Å²) in [4.78, 5) is 3.93. The Morgan fingerprint density at radius 2 is 2.33 bits per heavy atom. The van der Waals surface area contributed by atoms with Crippen molar-refractivity contribution in [2.24, 2.45) is 4.99 Å². The predicted molar refractivity (Wildman–Crippen MR) is 36.8 cm³/mol. The number of hydrogen-bond acceptors (Lipinski definition) is 3. The van der Waals surface area contributed by atoms with Gasteiger partial charge in [0.15, 0.2) is 0 Å². The van der Waals surface area contributed by atoms with E-state index in [0.717, 1.165) is 6.54 Å². The van der Waals surface area contributed by atoms with Crippen molar-refractivity contribution in [2.75, 3.05) is 20.1 Å². The molecular weight excluding hydrogens is 118 g/mol. The topological polar surface area (TPSA) is 56.7 Å². The van der Waals surface area contributed by atoms with Crippen LogP contribution in [0.5, 0.6) is 0 Å². The lowest BCUT2D eigenvalue weighted by Crippen LogP contribution is -2.18. The number of amidine groups is 1. The summed E-state index contributed by atoms with van der Waals surface area (Å²) >= 11 is 0. The van der Waals surface area contributed by atoms with Gasteiger partial charge in [0.2, 0.25) is 0 Å². The van der Waals surface area contributed by atoms with Crippen LogP contribution in [0.4, 0.5) is 0 Å². The third-order valence-corrected chi connectivity index (χ3v) is 0.873. The first-order valence-electron chi connectivity index (χ1n) is 2.87. The largest absolute Gasteiger partial charge is 0.318 e. The first-order chi connectivity index (χ1) is 4.31. The Morgan fingerprint density at radius 1 is 1.67 bits per heavy atom. The second-order valence-corrected chi connectivity index (χ2v) is 1.68. The highest BCUT2D eigenvalue weighted by atomic mass is 16.5. The fourth-order valence-corrected chi connectivity index (χ4v) is 0.371. The SMILES string of the molecule is CNCCN=C(C)NO. The molecule has 0 heterocycles. The molecule has 0 aliphatic heterocycles. The maximum atomic E-state index is 8.23. The van der Waals surface area contributed by atoms with E-state index in [1.165, 1.54) is 0 Å². The lowest BCUT2D eigenvalue weighted by Gasteiger charge is -1.96. The number of likely N-dealkylation sites (N-methyl/N-ethyl adjacent to an activating group) is 1. The molecule has 0 aliphatic rings. The summed E-state index contributed by atoms with van der Waals surface area (Å²) in [5.74, 6) is 0.547. The number of aliphatic imine (C=N–C) groups is 1. The molecule has 4 nitrogen and oxygen atoms in total. The van der Waals surface area contributed by atoms with Gasteiger partial charge in [0.25, 0.3) is 0 Å². The monoisotopic (exact) mass is 131 g/mol. The number of hydrogen-bond donors (Lipinski definition) is 3. The molecule has 3 N–H and O–H groups in total. The van der Waals surface area contributed by atoms with Crippen LogP contribution in [0, 0.1) is 0 Å². The van der Waals surface area contributed by atoms with E-state index >= 15 is 0 Å². The van der Waals surface area contributed by atoms with Gasteiger partial charge in [0, 0.05) is 6.54 Å². The highest BCUT2D eigenvalue weighted by molar-refractivity contribution is 5.78. The van der Waals surface area contributed by atoms with Crippen molar-refractivity contribution in [3.8, 4) is 0 Å². The summed E-state index contributed by atoms with van der Waals surface area (Å²) in [7, 11) is 1.86. The predicted octanol–water partition coefficient (Wildman–Crippen LogP) is -0.397. The molecule has 0 radical (unpaired) electrons. The van der Waals surface area contributed by atoms with Crippen LogP contribution in [-0.4, -0.2) is 31.2 Å². The fraction of sp³-hybridized carbons (Fsp3) is 0.800. The third kappa shape index (κ3) is 5.26. The minimum Gasteiger partial charge on any atom is -0.318 e. The van der Waals surface area contributed by atoms with Crippen LogP contribution in [0.25, 0.3) is 0 Å². The molecule has 9 heavy (non-hydrogen) atoms. The Morgan fingerprint density at radius 3 is 2.78 bits per heavy atom. The Balaban J connectivity index is 3.21. The minimum absolute atomic E-state index is 0.547. The number of nitrogens with one attached hydrogen (secondary N) is 2. The lowest BCUT2D eigenvalue weighted by molar-refractivity contribution is 0.233. The van der Waals surface area contributed by atoms with Gasteiger partial charge in [-0.1, -0.05) is 0 Å². The molecule has 0 amide bonds. The van der Waals surface area contributed by atoms with E-state index in [9.17, 15) is 0 Å². The van der Waals surface area contributed by atoms with E-state index < -0.39 is 0 Å². The quantitative estimate of drug-likeness (QED) is 0.211. The van der Waals surface area contributed by atoms with Gasteiger partial charge in [-0.05, 0) is 14.0 Å². The van der Waals surface area contributed by atoms with Gasteiger partial charge in [-0.2, -0.15) is 0 Å². The maximum Gasteiger partial charge on any atom is 0.117 e. The number of rotatable bonds is 3. The smallest absolute Gasteiger partial charge is 0.117 e. The van der Waals surface area contributed by atoms with Crippen molar-refractivity contribution in [2.45, 2.75) is 6.92 Å². The van der Waals surface area contributed by atoms with E-state index in [2.05, 4.69) is 10.3 Å². The molecule has 0 fully saturated rings. The molecule has 0 rings (SSSR count). The molecule has 0 aromatic rings. The molecule has 0 spiro atoms. The zero-order valence-corrected chi connectivity index (χ0v) is 5.81. The zero-order chi connectivity index (χ0) is 7.11. The average molecular weight is 131 g/mol. The second kappa shape index (κ2) is 5.53. The molecule has 0 bridgehead atoms. The van der Waals surface area contributed by atoms with Gasteiger partial charge in [-0.25, -0.2) is 0 Å². The highest BCUT2D eigenvalue weighted by Gasteiger charge is 1.82. The number of hydroxylamine groups is 1. The van der Waals surface area contributed by atoms with E-state index in [-0.39, 0.29) is 0 Å². The molecular formula is C5H13N3O. The number of nitrogens with zero attached hydrogens (tertiary/aromatic N) is 1. The van der Waals surface area contributed by atoms with Crippen molar-refractivity contribution in [3.05, 3.63) is 0 Å². The molecule has 4 heteroatoms. The van der Waals surface area contributed by atoms with E-state index in [4.69, 9.17) is 5.21 Å². The summed E-state index contributed by atoms with van der Waals surface area (Å²) < 4.78 is 0. The summed E-state index contributed by atoms with van der Waals surface area (Å²) in [5, 5.41) is 11.2. The van der Waals surface area contributed by atoms with Crippen LogP contribution in [-0.2, 0) is 0 Å². The van der Waals surface area contributed by atoms with E-state index in [0.29, 0.717) is 12.4 Å². The van der Waals surface area contributed by atoms with Gasteiger partial charge in [0.1, 0.15) is 5.84 Å². The van der Waals surface area contributed by atoms with Crippen LogP contribution >= 0.6 is 0 Å². The molecule has 0 unspecified atom stereocenters. The molecule has 0 aliphatic carbocycles. The fourth-order valence-electron chi connectivity index (χ4n) is 0.371. The van der Waals surface area contributed by atoms with Gasteiger partial charge < -0.3 is 5.32 Å². The van der Waals surface area contributed by atoms with Crippen molar-refractivity contribution < 1.29 is 5.21 Å². The Labute approximate surface area is 54.9 Å². The van der Waals surface area contributed by atoms with Crippen molar-refractivity contribution in [1.82, 2.24) is 10.8 Å². The Bertz CT molecular complexity index is 92.2. The molecule has 0 saturated heterocycles. The van der Waals surface area contributed by atoms with E-state index in [1.54, 1.807) is 6.92 Å². The average Bonchev–Trinajstić information content (AvgIpc) is 1.89. The Hall–Kier alpha value is -0.610. The molecule has 0 aromatic carbocycles. The van der Waals surface area contributed by atoms with Crippen molar-refractivity contribution in [3.63, 3.8) is 0 Å². The standard InChI is InChI=1S/C5H13N3O/c1-5(8-9)7-4-3-6-2/h6,9H,3-4H2,1-2H3,(H,7,8). The molecule has 0 atom stereocenters. The minimum atomic E-state index is 0.547. The summed E-state index contributed by atoms with van der Waals surface area (Å²) in [6, 6.07) is 0. The van der Waals surface area contributed by atoms with Crippen LogP contribution in [0.3, 0.4) is 0 Å². The second-order valence-electron chi connectivity index (χ2n) is 1.68. The normalized spacial score (nSPS) is 11.7. The molecule has 0 aromatic heterocycles.